The van der Waals surface area contributed by atoms with E-state index in [1.807, 2.05) is 53.9 Å². The number of aromatic hydroxyl groups is 1. The van der Waals surface area contributed by atoms with Gasteiger partial charge in [0, 0.05) is 12.0 Å². The van der Waals surface area contributed by atoms with Gasteiger partial charge in [-0.25, -0.2) is 9.97 Å². The summed E-state index contributed by atoms with van der Waals surface area (Å²) in [5.41, 5.74) is 5.57. The van der Waals surface area contributed by atoms with Crippen molar-refractivity contribution in [3.05, 3.63) is 82.9 Å². The van der Waals surface area contributed by atoms with E-state index in [9.17, 15) is 9.90 Å². The highest BCUT2D eigenvalue weighted by Gasteiger charge is 2.23. The average molecular weight is 428 g/mol. The summed E-state index contributed by atoms with van der Waals surface area (Å²) < 4.78 is 0. The molecule has 1 aliphatic rings. The second-order valence-electron chi connectivity index (χ2n) is 7.57. The van der Waals surface area contributed by atoms with Gasteiger partial charge in [0.15, 0.2) is 5.82 Å². The van der Waals surface area contributed by atoms with Crippen LogP contribution in [-0.4, -0.2) is 21.0 Å². The lowest BCUT2D eigenvalue weighted by molar-refractivity contribution is -0.116. The first-order valence-corrected chi connectivity index (χ1v) is 11.2. The molecule has 1 aliphatic carbocycles. The summed E-state index contributed by atoms with van der Waals surface area (Å²) in [6.07, 6.45) is 2.56. The van der Waals surface area contributed by atoms with Crippen LogP contribution in [0.1, 0.15) is 23.2 Å². The molecular formula is C25H21N3O2S. The Morgan fingerprint density at radius 1 is 1.00 bits per heavy atom. The third-order valence-corrected chi connectivity index (χ3v) is 6.32. The summed E-state index contributed by atoms with van der Waals surface area (Å²) in [5.74, 6) is 0.703. The zero-order valence-corrected chi connectivity index (χ0v) is 17.7. The van der Waals surface area contributed by atoms with E-state index in [1.165, 1.54) is 0 Å². The lowest BCUT2D eigenvalue weighted by atomic mass is 9.91. The van der Waals surface area contributed by atoms with E-state index in [0.717, 1.165) is 45.8 Å². The number of aromatic nitrogens is 2. The van der Waals surface area contributed by atoms with Gasteiger partial charge < -0.3 is 10.4 Å². The van der Waals surface area contributed by atoms with Crippen LogP contribution in [0.15, 0.2) is 66.0 Å². The van der Waals surface area contributed by atoms with Crippen molar-refractivity contribution in [2.45, 2.75) is 25.7 Å². The van der Waals surface area contributed by atoms with Gasteiger partial charge in [-0.1, -0.05) is 36.4 Å². The number of thiophene rings is 1. The van der Waals surface area contributed by atoms with Crippen molar-refractivity contribution in [3.63, 3.8) is 0 Å². The molecule has 0 saturated heterocycles. The standard InChI is InChI=1S/C25H21N3O2S/c29-18-10-11-19-17(15-18)9-12-20-23(19)28-24(21-7-4-14-31-21)25(26-20)27-22(30)13-8-16-5-2-1-3-6-16/h1-7,10-11,14-15,29H,8-9,12-13H2,(H,26,27,30). The Hall–Kier alpha value is -3.51. The first kappa shape index (κ1) is 19.5. The zero-order chi connectivity index (χ0) is 21.2. The quantitative estimate of drug-likeness (QED) is 0.456. The van der Waals surface area contributed by atoms with Gasteiger partial charge in [0.1, 0.15) is 11.4 Å². The fourth-order valence-electron chi connectivity index (χ4n) is 3.90. The van der Waals surface area contributed by atoms with Gasteiger partial charge in [-0.05, 0) is 60.0 Å². The minimum atomic E-state index is -0.0722. The van der Waals surface area contributed by atoms with Gasteiger partial charge in [-0.15, -0.1) is 11.3 Å². The predicted molar refractivity (Wildman–Crippen MR) is 123 cm³/mol. The van der Waals surface area contributed by atoms with Crippen molar-refractivity contribution < 1.29 is 9.90 Å². The minimum absolute atomic E-state index is 0.0722. The molecule has 6 heteroatoms. The highest BCUT2D eigenvalue weighted by Crippen LogP contribution is 2.37. The lowest BCUT2D eigenvalue weighted by Gasteiger charge is -2.21. The third-order valence-electron chi connectivity index (χ3n) is 5.44. The molecule has 0 radical (unpaired) electrons. The van der Waals surface area contributed by atoms with E-state index in [1.54, 1.807) is 23.5 Å². The molecule has 1 amide bonds. The molecule has 0 atom stereocenters. The number of phenols is 1. The molecular weight excluding hydrogens is 406 g/mol. The third kappa shape index (κ3) is 4.07. The molecule has 0 bridgehead atoms. The summed E-state index contributed by atoms with van der Waals surface area (Å²) >= 11 is 1.57. The molecule has 2 N–H and O–H groups in total. The largest absolute Gasteiger partial charge is 0.508 e. The number of benzene rings is 2. The summed E-state index contributed by atoms with van der Waals surface area (Å²) in [6, 6.07) is 19.3. The van der Waals surface area contributed by atoms with Gasteiger partial charge in [-0.3, -0.25) is 4.79 Å². The number of nitrogens with zero attached hydrogens (tertiary/aromatic N) is 2. The Morgan fingerprint density at radius 2 is 1.87 bits per heavy atom. The van der Waals surface area contributed by atoms with Crippen LogP contribution < -0.4 is 5.32 Å². The smallest absolute Gasteiger partial charge is 0.225 e. The summed E-state index contributed by atoms with van der Waals surface area (Å²) in [7, 11) is 0. The van der Waals surface area contributed by atoms with Gasteiger partial charge in [0.05, 0.1) is 16.3 Å². The Balaban J connectivity index is 1.47. The highest BCUT2D eigenvalue weighted by molar-refractivity contribution is 7.13. The average Bonchev–Trinajstić information content (AvgIpc) is 3.32. The van der Waals surface area contributed by atoms with Gasteiger partial charge in [-0.2, -0.15) is 0 Å². The van der Waals surface area contributed by atoms with Crippen molar-refractivity contribution in [3.8, 4) is 27.6 Å². The molecule has 2 heterocycles. The van der Waals surface area contributed by atoms with Gasteiger partial charge in [0.25, 0.3) is 0 Å². The normalized spacial score (nSPS) is 12.1. The van der Waals surface area contributed by atoms with Crippen LogP contribution in [0.25, 0.3) is 21.8 Å². The van der Waals surface area contributed by atoms with Crippen molar-refractivity contribution in [2.75, 3.05) is 5.32 Å². The van der Waals surface area contributed by atoms with Crippen LogP contribution >= 0.6 is 11.3 Å². The first-order valence-electron chi connectivity index (χ1n) is 10.3. The second kappa shape index (κ2) is 8.32. The predicted octanol–water partition coefficient (Wildman–Crippen LogP) is 5.25. The van der Waals surface area contributed by atoms with E-state index < -0.39 is 0 Å². The van der Waals surface area contributed by atoms with Crippen LogP contribution in [0.5, 0.6) is 5.75 Å². The van der Waals surface area contributed by atoms with E-state index in [-0.39, 0.29) is 11.7 Å². The number of aryl methyl sites for hydroxylation is 3. The summed E-state index contributed by atoms with van der Waals surface area (Å²) in [6.45, 7) is 0. The molecule has 154 valence electrons. The Morgan fingerprint density at radius 3 is 2.68 bits per heavy atom. The van der Waals surface area contributed by atoms with Crippen molar-refractivity contribution in [1.29, 1.82) is 0 Å². The maximum absolute atomic E-state index is 12.7. The number of hydrogen-bond acceptors (Lipinski definition) is 5. The van der Waals surface area contributed by atoms with Crippen LogP contribution in [0.4, 0.5) is 5.82 Å². The van der Waals surface area contributed by atoms with Crippen molar-refractivity contribution in [2.24, 2.45) is 0 Å². The highest BCUT2D eigenvalue weighted by atomic mass is 32.1. The number of anilines is 1. The van der Waals surface area contributed by atoms with Crippen LogP contribution in [0.3, 0.4) is 0 Å². The molecule has 2 aromatic carbocycles. The number of carbonyl (C=O) groups is 1. The lowest BCUT2D eigenvalue weighted by Crippen LogP contribution is -2.17. The number of fused-ring (bicyclic) bond motifs is 3. The first-order chi connectivity index (χ1) is 15.2. The number of rotatable bonds is 5. The number of carbonyl (C=O) groups excluding carboxylic acids is 1. The summed E-state index contributed by atoms with van der Waals surface area (Å²) in [5, 5.41) is 14.8. The molecule has 0 aliphatic heterocycles. The maximum Gasteiger partial charge on any atom is 0.225 e. The molecule has 2 aromatic heterocycles. The van der Waals surface area contributed by atoms with Crippen LogP contribution in [0.2, 0.25) is 0 Å². The summed E-state index contributed by atoms with van der Waals surface area (Å²) in [4.78, 5) is 23.5. The number of phenolic OH excluding ortho intramolecular Hbond substituents is 1. The van der Waals surface area contributed by atoms with Gasteiger partial charge >= 0.3 is 0 Å². The molecule has 0 fully saturated rings. The van der Waals surface area contributed by atoms with E-state index in [2.05, 4.69) is 5.32 Å². The van der Waals surface area contributed by atoms with E-state index in [0.29, 0.717) is 24.4 Å². The molecule has 4 aromatic rings. The second-order valence-corrected chi connectivity index (χ2v) is 8.52. The maximum atomic E-state index is 12.7. The van der Waals surface area contributed by atoms with Crippen molar-refractivity contribution in [1.82, 2.24) is 9.97 Å². The topological polar surface area (TPSA) is 75.1 Å². The fraction of sp³-hybridized carbons (Fsp3) is 0.160. The molecule has 31 heavy (non-hydrogen) atoms. The van der Waals surface area contributed by atoms with Crippen LogP contribution in [0, 0.1) is 0 Å². The van der Waals surface area contributed by atoms with Crippen LogP contribution in [-0.2, 0) is 24.1 Å². The Labute approximate surface area is 184 Å². The molecule has 0 spiro atoms. The van der Waals surface area contributed by atoms with Crippen molar-refractivity contribution >= 4 is 23.1 Å². The number of amides is 1. The SMILES string of the molecule is O=C(CCc1ccccc1)Nc1nc2c(nc1-c1cccs1)-c1ccc(O)cc1CC2. The molecule has 0 unspecified atom stereocenters. The number of nitrogens with one attached hydrogen (secondary N) is 1. The Kier molecular flexibility index (Phi) is 5.22. The minimum Gasteiger partial charge on any atom is -0.508 e. The fourth-order valence-corrected chi connectivity index (χ4v) is 4.62. The monoisotopic (exact) mass is 427 g/mol. The number of hydrogen-bond donors (Lipinski definition) is 2. The Bertz CT molecular complexity index is 1240. The van der Waals surface area contributed by atoms with E-state index >= 15 is 0 Å². The molecule has 0 saturated carbocycles. The molecule has 5 rings (SSSR count). The van der Waals surface area contributed by atoms with E-state index in [4.69, 9.17) is 9.97 Å². The molecule has 5 nitrogen and oxygen atoms in total. The zero-order valence-electron chi connectivity index (χ0n) is 16.8. The van der Waals surface area contributed by atoms with Gasteiger partial charge in [0.2, 0.25) is 5.91 Å².